The lowest BCUT2D eigenvalue weighted by molar-refractivity contribution is -0.162. The molecule has 1 unspecified atom stereocenters. The number of ether oxygens (including phenoxy) is 6. The van der Waals surface area contributed by atoms with E-state index in [4.69, 9.17) is 35.3 Å². The van der Waals surface area contributed by atoms with Crippen LogP contribution in [0.25, 0.3) is 0 Å². The molecule has 0 aliphatic carbocycles. The van der Waals surface area contributed by atoms with Gasteiger partial charge in [-0.05, 0) is 44.9 Å². The number of carbonyl (C=O) groups excluding carboxylic acids is 5. The summed E-state index contributed by atoms with van der Waals surface area (Å²) in [5.41, 5.74) is -1.55. The molecule has 0 radical (unpaired) electrons. The Labute approximate surface area is 364 Å². The minimum atomic E-state index is -2.46. The highest BCUT2D eigenvalue weighted by molar-refractivity contribution is 6.35. The van der Waals surface area contributed by atoms with Gasteiger partial charge in [0.05, 0.1) is 31.7 Å². The van der Waals surface area contributed by atoms with Crippen molar-refractivity contribution in [1.29, 1.82) is 0 Å². The Kier molecular flexibility index (Phi) is 14.8. The zero-order valence-corrected chi connectivity index (χ0v) is 36.2. The molecule has 0 spiro atoms. The number of aliphatic hydroxyl groups is 1. The maximum atomic E-state index is 14.2. The average Bonchev–Trinajstić information content (AvgIpc) is 3.94. The van der Waals surface area contributed by atoms with Gasteiger partial charge in [0.15, 0.2) is 5.72 Å². The number of likely N-dealkylation sites (N-methyl/N-ethyl adjacent to an activating group) is 1. The van der Waals surface area contributed by atoms with E-state index in [2.05, 4.69) is 10.1 Å². The van der Waals surface area contributed by atoms with Gasteiger partial charge in [0.2, 0.25) is 46.6 Å². The van der Waals surface area contributed by atoms with Gasteiger partial charge in [-0.1, -0.05) is 42.3 Å². The van der Waals surface area contributed by atoms with Gasteiger partial charge in [0, 0.05) is 40.0 Å². The van der Waals surface area contributed by atoms with Crippen molar-refractivity contribution >= 4 is 47.1 Å². The number of fused-ring (bicyclic) bond motifs is 5. The highest BCUT2D eigenvalue weighted by atomic mass is 35.5. The zero-order chi connectivity index (χ0) is 46.9. The number of rotatable bonds is 9. The van der Waals surface area contributed by atoms with Gasteiger partial charge in [0.1, 0.15) is 40.7 Å². The van der Waals surface area contributed by atoms with Gasteiger partial charge in [-0.15, -0.1) is 0 Å². The minimum absolute atomic E-state index is 0.112. The third-order valence-electron chi connectivity index (χ3n) is 11.5. The van der Waals surface area contributed by atoms with Gasteiger partial charge < -0.3 is 43.3 Å². The molecule has 5 rings (SSSR count). The monoisotopic (exact) mass is 915 g/mol. The Balaban J connectivity index is 1.41. The van der Waals surface area contributed by atoms with E-state index in [0.29, 0.717) is 12.0 Å². The fourth-order valence-electron chi connectivity index (χ4n) is 7.44. The molecule has 8 atom stereocenters. The van der Waals surface area contributed by atoms with Crippen LogP contribution >= 0.6 is 11.6 Å². The van der Waals surface area contributed by atoms with E-state index >= 15 is 0 Å². The molecule has 2 N–H and O–H groups in total. The summed E-state index contributed by atoms with van der Waals surface area (Å²) >= 11 is 6.72. The van der Waals surface area contributed by atoms with Gasteiger partial charge >= 0.3 is 18.0 Å². The molecule has 2 saturated heterocycles. The van der Waals surface area contributed by atoms with Crippen molar-refractivity contribution in [2.45, 2.75) is 102 Å². The molecule has 21 heteroatoms. The fourth-order valence-corrected chi connectivity index (χ4v) is 7.76. The molecular weight excluding hydrogens is 869 g/mol. The normalized spacial score (nSPS) is 28.0. The summed E-state index contributed by atoms with van der Waals surface area (Å²) in [6, 6.07) is 1.99. The van der Waals surface area contributed by atoms with Crippen molar-refractivity contribution in [3.8, 4) is 11.5 Å². The molecule has 344 valence electrons. The van der Waals surface area contributed by atoms with Crippen LogP contribution in [-0.2, 0) is 44.5 Å². The molecule has 3 aliphatic heterocycles. The molecular formula is C42H47ClF5N3O12. The van der Waals surface area contributed by atoms with Crippen molar-refractivity contribution in [3.05, 3.63) is 75.6 Å². The van der Waals surface area contributed by atoms with Crippen LogP contribution in [0.3, 0.4) is 0 Å². The van der Waals surface area contributed by atoms with Crippen molar-refractivity contribution in [1.82, 2.24) is 10.2 Å². The molecule has 2 aromatic carbocycles. The molecule has 15 nitrogen and oxygen atoms in total. The minimum Gasteiger partial charge on any atom is -0.495 e. The number of carbonyl (C=O) groups is 5. The molecule has 3 heterocycles. The number of nitrogens with one attached hydrogen (secondary N) is 1. The molecule has 2 aromatic rings. The fraction of sp³-hybridized carbons (Fsp3) is 0.500. The standard InChI is InChI=1S/C42H47ClF5N3O12/c1-19-10-9-11-26(59-8)42(57)18-25(60-40(56)49-42)20(2)38-41(4,63-38)27(17-29(53)51(6)23-15-22(14-19)16-24(58-7)31(23)43)61-39(55)21(3)50(5)28(52)12-13-30(54)62-37-35(47)33(45)32(44)34(46)36(37)48/h9-11,15-16,20-21,25-27,38,57H,12-14,17-18H2,1-8H3,(H,49,56)/b11-9+,19-10+/t20-,21+,25+,26-,27+,38?,41+,42+/m1/s1. The number of anilines is 1. The summed E-state index contributed by atoms with van der Waals surface area (Å²) in [5, 5.41) is 14.3. The number of alkyl carbamates (subject to hydrolysis) is 1. The van der Waals surface area contributed by atoms with Crippen molar-refractivity contribution in [2.24, 2.45) is 5.92 Å². The lowest BCUT2D eigenvalue weighted by Crippen LogP contribution is -2.63. The molecule has 0 saturated carbocycles. The van der Waals surface area contributed by atoms with Crippen molar-refractivity contribution in [3.63, 3.8) is 0 Å². The Hall–Kier alpha value is -5.31. The number of benzene rings is 2. The lowest BCUT2D eigenvalue weighted by atomic mass is 9.83. The van der Waals surface area contributed by atoms with Crippen LogP contribution in [0.5, 0.6) is 11.5 Å². The lowest BCUT2D eigenvalue weighted by Gasteiger charge is -2.42. The Morgan fingerprint density at radius 2 is 1.70 bits per heavy atom. The highest BCUT2D eigenvalue weighted by Gasteiger charge is 2.64. The maximum Gasteiger partial charge on any atom is 0.409 e. The number of amides is 3. The van der Waals surface area contributed by atoms with Gasteiger partial charge in [-0.2, -0.15) is 8.78 Å². The van der Waals surface area contributed by atoms with Gasteiger partial charge in [-0.3, -0.25) is 19.7 Å². The second-order valence-electron chi connectivity index (χ2n) is 15.8. The number of methoxy groups -OCH3 is 2. The first-order valence-corrected chi connectivity index (χ1v) is 19.9. The van der Waals surface area contributed by atoms with E-state index in [0.717, 1.165) is 10.5 Å². The van der Waals surface area contributed by atoms with E-state index in [1.54, 1.807) is 44.2 Å². The number of hydrogen-bond acceptors (Lipinski definition) is 12. The van der Waals surface area contributed by atoms with Crippen LogP contribution < -0.4 is 19.7 Å². The predicted octanol–water partition coefficient (Wildman–Crippen LogP) is 5.60. The Morgan fingerprint density at radius 1 is 1.06 bits per heavy atom. The smallest absolute Gasteiger partial charge is 0.409 e. The number of halogens is 6. The van der Waals surface area contributed by atoms with Crippen LogP contribution in [0.1, 0.15) is 58.9 Å². The summed E-state index contributed by atoms with van der Waals surface area (Å²) in [6.07, 6.45) is -2.10. The van der Waals surface area contributed by atoms with Crippen LogP contribution in [0.2, 0.25) is 5.02 Å². The second kappa shape index (κ2) is 19.2. The highest BCUT2D eigenvalue weighted by Crippen LogP contribution is 2.49. The molecule has 3 amide bonds. The molecule has 3 aliphatic rings. The average molecular weight is 916 g/mol. The molecule has 4 bridgehead atoms. The number of allylic oxidation sites excluding steroid dienone is 3. The first-order valence-electron chi connectivity index (χ1n) is 19.5. The van der Waals surface area contributed by atoms with Crippen LogP contribution in [0.15, 0.2) is 35.9 Å². The summed E-state index contributed by atoms with van der Waals surface area (Å²) in [5.74, 6) is -18.3. The Bertz CT molecular complexity index is 2200. The molecule has 0 aromatic heterocycles. The van der Waals surface area contributed by atoms with E-state index < -0.39 is 132 Å². The van der Waals surface area contributed by atoms with E-state index in [1.807, 2.05) is 6.92 Å². The molecule has 2 fully saturated rings. The number of epoxide rings is 1. The van der Waals surface area contributed by atoms with E-state index in [9.17, 15) is 51.0 Å². The van der Waals surface area contributed by atoms with Crippen LogP contribution in [0, 0.1) is 35.0 Å². The molecule has 63 heavy (non-hydrogen) atoms. The predicted molar refractivity (Wildman–Crippen MR) is 212 cm³/mol. The first-order chi connectivity index (χ1) is 29.5. The van der Waals surface area contributed by atoms with Crippen molar-refractivity contribution < 1.29 is 79.5 Å². The van der Waals surface area contributed by atoms with Crippen LogP contribution in [0.4, 0.5) is 32.4 Å². The second-order valence-corrected chi connectivity index (χ2v) is 16.2. The summed E-state index contributed by atoms with van der Waals surface area (Å²) in [7, 11) is 5.40. The van der Waals surface area contributed by atoms with Gasteiger partial charge in [-0.25, -0.2) is 22.8 Å². The third-order valence-corrected chi connectivity index (χ3v) is 11.8. The van der Waals surface area contributed by atoms with Gasteiger partial charge in [0.25, 0.3) is 0 Å². The number of nitrogens with zero attached hydrogens (tertiary/aromatic N) is 2. The number of esters is 2. The first kappa shape index (κ1) is 48.7. The zero-order valence-electron chi connectivity index (χ0n) is 35.5. The van der Waals surface area contributed by atoms with E-state index in [1.165, 1.54) is 40.1 Å². The third kappa shape index (κ3) is 10.2. The van der Waals surface area contributed by atoms with Crippen molar-refractivity contribution in [2.75, 3.05) is 33.2 Å². The summed E-state index contributed by atoms with van der Waals surface area (Å²) in [6.45, 7) is 6.37. The largest absolute Gasteiger partial charge is 0.495 e. The summed E-state index contributed by atoms with van der Waals surface area (Å²) in [4.78, 5) is 68.5. The van der Waals surface area contributed by atoms with Crippen LogP contribution in [-0.4, -0.2) is 110 Å². The topological polar surface area (TPSA) is 183 Å². The maximum absolute atomic E-state index is 14.2. The SMILES string of the molecule is COc1cc2cc(c1Cl)N(C)C(=O)C[C@H](OC(=O)[C@H](C)N(C)C(=O)CCC(=O)Oc1c(F)c(F)c(F)c(F)c1F)[C@]1(C)OC1[C@H](C)[C@@H]1C[C@@](O)(NC(=O)O1)[C@H](OC)/C=C/C=C(\C)C2. The van der Waals surface area contributed by atoms with E-state index in [-0.39, 0.29) is 22.9 Å². The quantitative estimate of drug-likeness (QED) is 0.0796. The Morgan fingerprint density at radius 3 is 2.32 bits per heavy atom. The summed E-state index contributed by atoms with van der Waals surface area (Å²) < 4.78 is 102. The number of hydrogen-bond donors (Lipinski definition) is 2.